The fourth-order valence-electron chi connectivity index (χ4n) is 2.13. The third kappa shape index (κ3) is 3.31. The molecule has 1 heterocycles. The molecule has 1 aliphatic heterocycles. The van der Waals surface area contributed by atoms with E-state index in [2.05, 4.69) is 34.6 Å². The van der Waals surface area contributed by atoms with Crippen LogP contribution in [0.15, 0.2) is 24.3 Å². The Bertz CT molecular complexity index is 402. The van der Waals surface area contributed by atoms with Crippen LogP contribution in [0.2, 0.25) is 0 Å². The number of piperazine rings is 1. The van der Waals surface area contributed by atoms with Crippen molar-refractivity contribution >= 4 is 11.6 Å². The third-order valence-electron chi connectivity index (χ3n) is 3.32. The Labute approximate surface area is 108 Å². The molecule has 4 heteroatoms. The molecule has 1 fully saturated rings. The normalized spacial score (nSPS) is 20.7. The van der Waals surface area contributed by atoms with Gasteiger partial charge in [0.25, 0.3) is 0 Å². The van der Waals surface area contributed by atoms with Gasteiger partial charge >= 0.3 is 0 Å². The number of benzene rings is 1. The lowest BCUT2D eigenvalue weighted by molar-refractivity contribution is -0.119. The zero-order valence-corrected chi connectivity index (χ0v) is 11.1. The second kappa shape index (κ2) is 5.98. The van der Waals surface area contributed by atoms with Gasteiger partial charge in [-0.2, -0.15) is 0 Å². The Hall–Kier alpha value is -1.39. The lowest BCUT2D eigenvalue weighted by Crippen LogP contribution is -2.54. The third-order valence-corrected chi connectivity index (χ3v) is 3.32. The van der Waals surface area contributed by atoms with Gasteiger partial charge in [-0.1, -0.05) is 19.1 Å². The van der Waals surface area contributed by atoms with Crippen molar-refractivity contribution in [2.24, 2.45) is 0 Å². The van der Waals surface area contributed by atoms with Gasteiger partial charge in [0.15, 0.2) is 0 Å². The minimum Gasteiger partial charge on any atom is -0.325 e. The summed E-state index contributed by atoms with van der Waals surface area (Å²) >= 11 is 0. The summed E-state index contributed by atoms with van der Waals surface area (Å²) in [5, 5.41) is 6.19. The molecule has 18 heavy (non-hydrogen) atoms. The fourth-order valence-corrected chi connectivity index (χ4v) is 2.13. The number of likely N-dealkylation sites (N-methyl/N-ethyl adjacent to an activating group) is 1. The van der Waals surface area contributed by atoms with Gasteiger partial charge in [-0.3, -0.25) is 4.79 Å². The molecular weight excluding hydrogens is 226 g/mol. The van der Waals surface area contributed by atoms with Crippen LogP contribution in [0.1, 0.15) is 12.5 Å². The number of carbonyl (C=O) groups is 1. The Balaban J connectivity index is 1.93. The van der Waals surface area contributed by atoms with Gasteiger partial charge in [0.05, 0.1) is 6.04 Å². The Morgan fingerprint density at radius 3 is 2.78 bits per heavy atom. The number of nitrogens with zero attached hydrogens (tertiary/aromatic N) is 1. The number of anilines is 1. The van der Waals surface area contributed by atoms with Gasteiger partial charge in [0.1, 0.15) is 0 Å². The maximum Gasteiger partial charge on any atom is 0.242 e. The highest BCUT2D eigenvalue weighted by molar-refractivity contribution is 5.95. The number of hydrogen-bond acceptors (Lipinski definition) is 3. The van der Waals surface area contributed by atoms with E-state index >= 15 is 0 Å². The highest BCUT2D eigenvalue weighted by Crippen LogP contribution is 2.10. The zero-order valence-electron chi connectivity index (χ0n) is 11.1. The lowest BCUT2D eigenvalue weighted by atomic mass is 10.1. The van der Waals surface area contributed by atoms with Crippen LogP contribution >= 0.6 is 0 Å². The molecule has 1 aliphatic rings. The van der Waals surface area contributed by atoms with E-state index in [1.807, 2.05) is 19.2 Å². The van der Waals surface area contributed by atoms with Crippen molar-refractivity contribution in [3.05, 3.63) is 29.8 Å². The maximum absolute atomic E-state index is 12.1. The zero-order chi connectivity index (χ0) is 13.0. The molecule has 2 N–H and O–H groups in total. The number of hydrogen-bond donors (Lipinski definition) is 2. The standard InChI is InChI=1S/C14H21N3O/c1-3-11-4-6-12(7-5-11)16-14(18)13-10-17(2)9-8-15-13/h4-7,13,15H,3,8-10H2,1-2H3,(H,16,18). The average Bonchev–Trinajstić information content (AvgIpc) is 2.39. The van der Waals surface area contributed by atoms with E-state index in [0.717, 1.165) is 31.7 Å². The van der Waals surface area contributed by atoms with Crippen molar-refractivity contribution in [2.45, 2.75) is 19.4 Å². The van der Waals surface area contributed by atoms with E-state index in [4.69, 9.17) is 0 Å². The summed E-state index contributed by atoms with van der Waals surface area (Å²) in [5.41, 5.74) is 2.15. The minimum absolute atomic E-state index is 0.0470. The van der Waals surface area contributed by atoms with E-state index in [-0.39, 0.29) is 11.9 Å². The van der Waals surface area contributed by atoms with E-state index < -0.39 is 0 Å². The van der Waals surface area contributed by atoms with Gasteiger partial charge in [0, 0.05) is 25.3 Å². The first-order chi connectivity index (χ1) is 8.69. The molecule has 0 aliphatic carbocycles. The lowest BCUT2D eigenvalue weighted by Gasteiger charge is -2.29. The van der Waals surface area contributed by atoms with Crippen LogP contribution in [0.5, 0.6) is 0 Å². The van der Waals surface area contributed by atoms with Crippen LogP contribution in [0.25, 0.3) is 0 Å². The molecule has 2 rings (SSSR count). The monoisotopic (exact) mass is 247 g/mol. The van der Waals surface area contributed by atoms with Gasteiger partial charge in [-0.15, -0.1) is 0 Å². The largest absolute Gasteiger partial charge is 0.325 e. The molecule has 4 nitrogen and oxygen atoms in total. The van der Waals surface area contributed by atoms with Crippen molar-refractivity contribution in [2.75, 3.05) is 32.0 Å². The van der Waals surface area contributed by atoms with Gasteiger partial charge in [-0.25, -0.2) is 0 Å². The van der Waals surface area contributed by atoms with E-state index in [1.165, 1.54) is 5.56 Å². The second-order valence-corrected chi connectivity index (χ2v) is 4.81. The molecule has 1 aromatic carbocycles. The Morgan fingerprint density at radius 1 is 1.44 bits per heavy atom. The molecule has 0 bridgehead atoms. The number of rotatable bonds is 3. The molecule has 1 aromatic rings. The second-order valence-electron chi connectivity index (χ2n) is 4.81. The summed E-state index contributed by atoms with van der Waals surface area (Å²) in [7, 11) is 2.04. The number of aryl methyl sites for hydroxylation is 1. The summed E-state index contributed by atoms with van der Waals surface area (Å²) in [6.07, 6.45) is 1.02. The summed E-state index contributed by atoms with van der Waals surface area (Å²) < 4.78 is 0. The minimum atomic E-state index is -0.116. The smallest absolute Gasteiger partial charge is 0.242 e. The van der Waals surface area contributed by atoms with Gasteiger partial charge in [-0.05, 0) is 31.2 Å². The number of amides is 1. The van der Waals surface area contributed by atoms with E-state index in [9.17, 15) is 4.79 Å². The first kappa shape index (κ1) is 13.1. The van der Waals surface area contributed by atoms with Crippen molar-refractivity contribution in [3.8, 4) is 0 Å². The first-order valence-corrected chi connectivity index (χ1v) is 6.50. The average molecular weight is 247 g/mol. The number of nitrogens with one attached hydrogen (secondary N) is 2. The molecule has 1 saturated heterocycles. The number of carbonyl (C=O) groups excluding carboxylic acids is 1. The van der Waals surface area contributed by atoms with Crippen LogP contribution in [0.3, 0.4) is 0 Å². The van der Waals surface area contributed by atoms with E-state index in [0.29, 0.717) is 0 Å². The van der Waals surface area contributed by atoms with Gasteiger partial charge < -0.3 is 15.5 Å². The SMILES string of the molecule is CCc1ccc(NC(=O)C2CN(C)CCN2)cc1. The van der Waals surface area contributed by atoms with Crippen LogP contribution in [0.4, 0.5) is 5.69 Å². The first-order valence-electron chi connectivity index (χ1n) is 6.50. The molecule has 1 amide bonds. The fraction of sp³-hybridized carbons (Fsp3) is 0.500. The Morgan fingerprint density at radius 2 is 2.17 bits per heavy atom. The molecule has 0 radical (unpaired) electrons. The van der Waals surface area contributed by atoms with Crippen molar-refractivity contribution in [1.82, 2.24) is 10.2 Å². The summed E-state index contributed by atoms with van der Waals surface area (Å²) in [6.45, 7) is 4.74. The molecule has 98 valence electrons. The van der Waals surface area contributed by atoms with Crippen molar-refractivity contribution in [3.63, 3.8) is 0 Å². The predicted molar refractivity (Wildman–Crippen MR) is 73.7 cm³/mol. The summed E-state index contributed by atoms with van der Waals surface area (Å²) in [5.74, 6) is 0.0470. The topological polar surface area (TPSA) is 44.4 Å². The van der Waals surface area contributed by atoms with Crippen LogP contribution in [-0.4, -0.2) is 43.5 Å². The molecule has 0 aromatic heterocycles. The molecule has 1 unspecified atom stereocenters. The highest BCUT2D eigenvalue weighted by Gasteiger charge is 2.23. The Kier molecular flexibility index (Phi) is 4.33. The quantitative estimate of drug-likeness (QED) is 0.840. The highest BCUT2D eigenvalue weighted by atomic mass is 16.2. The van der Waals surface area contributed by atoms with E-state index in [1.54, 1.807) is 0 Å². The molecule has 0 spiro atoms. The van der Waals surface area contributed by atoms with Crippen molar-refractivity contribution in [1.29, 1.82) is 0 Å². The summed E-state index contributed by atoms with van der Waals surface area (Å²) in [6, 6.07) is 7.91. The van der Waals surface area contributed by atoms with Gasteiger partial charge in [0.2, 0.25) is 5.91 Å². The maximum atomic E-state index is 12.1. The van der Waals surface area contributed by atoms with Crippen molar-refractivity contribution < 1.29 is 4.79 Å². The summed E-state index contributed by atoms with van der Waals surface area (Å²) in [4.78, 5) is 14.2. The predicted octanol–water partition coefficient (Wildman–Crippen LogP) is 1.09. The molecular formula is C14H21N3O. The van der Waals surface area contributed by atoms with Crippen LogP contribution in [0, 0.1) is 0 Å². The molecule has 0 saturated carbocycles. The van der Waals surface area contributed by atoms with Crippen LogP contribution < -0.4 is 10.6 Å². The van der Waals surface area contributed by atoms with Crippen LogP contribution in [-0.2, 0) is 11.2 Å². The molecule has 1 atom stereocenters.